The molecule has 4 nitrogen and oxygen atoms in total. The second kappa shape index (κ2) is 6.06. The Morgan fingerprint density at radius 1 is 1.37 bits per heavy atom. The van der Waals surface area contributed by atoms with Crippen molar-refractivity contribution in [2.24, 2.45) is 0 Å². The van der Waals surface area contributed by atoms with Crippen molar-refractivity contribution in [2.75, 3.05) is 18.5 Å². The number of likely N-dealkylation sites (N-methyl/N-ethyl adjacent to an activating group) is 1. The first-order valence-electron chi connectivity index (χ1n) is 6.98. The highest BCUT2D eigenvalue weighted by atomic mass is 35.5. The summed E-state index contributed by atoms with van der Waals surface area (Å²) in [5.74, 6) is 0.849. The summed E-state index contributed by atoms with van der Waals surface area (Å²) in [7, 11) is 1.97. The van der Waals surface area contributed by atoms with Crippen molar-refractivity contribution in [2.45, 2.75) is 51.0 Å². The van der Waals surface area contributed by atoms with Crippen LogP contribution in [0.2, 0.25) is 5.15 Å². The third-order valence-electron chi connectivity index (χ3n) is 3.80. The Kier molecular flexibility index (Phi) is 4.63. The van der Waals surface area contributed by atoms with Crippen LogP contribution in [0.1, 0.15) is 44.6 Å². The van der Waals surface area contributed by atoms with E-state index < -0.39 is 5.60 Å². The molecule has 0 amide bonds. The van der Waals surface area contributed by atoms with Gasteiger partial charge in [0.1, 0.15) is 17.3 Å². The van der Waals surface area contributed by atoms with Crippen LogP contribution in [0, 0.1) is 0 Å². The van der Waals surface area contributed by atoms with Crippen molar-refractivity contribution in [3.05, 3.63) is 17.0 Å². The molecule has 0 aromatic carbocycles. The minimum absolute atomic E-state index is 0.525. The first kappa shape index (κ1) is 14.5. The average Bonchev–Trinajstić information content (AvgIpc) is 2.78. The summed E-state index contributed by atoms with van der Waals surface area (Å²) in [5.41, 5.74) is 0.408. The number of hydrogen-bond acceptors (Lipinski definition) is 4. The maximum absolute atomic E-state index is 10.5. The minimum Gasteiger partial charge on any atom is -0.388 e. The van der Waals surface area contributed by atoms with Gasteiger partial charge in [-0.2, -0.15) is 0 Å². The number of rotatable bonds is 5. The van der Waals surface area contributed by atoms with Crippen LogP contribution in [-0.2, 0) is 6.42 Å². The Balaban J connectivity index is 2.18. The molecule has 0 aliphatic heterocycles. The van der Waals surface area contributed by atoms with Crippen molar-refractivity contribution in [3.8, 4) is 0 Å². The Morgan fingerprint density at radius 3 is 2.68 bits per heavy atom. The van der Waals surface area contributed by atoms with Gasteiger partial charge in [-0.25, -0.2) is 9.97 Å². The normalized spacial score (nSPS) is 17.7. The van der Waals surface area contributed by atoms with E-state index in [0.717, 1.165) is 49.9 Å². The van der Waals surface area contributed by atoms with Crippen molar-refractivity contribution < 1.29 is 5.11 Å². The molecule has 2 rings (SSSR count). The summed E-state index contributed by atoms with van der Waals surface area (Å²) in [6, 6.07) is 0. The van der Waals surface area contributed by atoms with Gasteiger partial charge in [0.15, 0.2) is 0 Å². The fourth-order valence-electron chi connectivity index (χ4n) is 2.88. The van der Waals surface area contributed by atoms with Gasteiger partial charge in [0.2, 0.25) is 0 Å². The molecular formula is C14H22ClN3O. The monoisotopic (exact) mass is 283 g/mol. The Bertz CT molecular complexity index is 433. The smallest absolute Gasteiger partial charge is 0.137 e. The lowest BCUT2D eigenvalue weighted by molar-refractivity contribution is 0.0557. The Morgan fingerprint density at radius 2 is 2.05 bits per heavy atom. The molecule has 1 aliphatic rings. The number of nitrogens with zero attached hydrogens (tertiary/aromatic N) is 3. The molecule has 0 spiro atoms. The predicted molar refractivity (Wildman–Crippen MR) is 77.7 cm³/mol. The van der Waals surface area contributed by atoms with E-state index in [9.17, 15) is 5.11 Å². The molecule has 0 atom stereocenters. The summed E-state index contributed by atoms with van der Waals surface area (Å²) in [6.45, 7) is 2.72. The zero-order chi connectivity index (χ0) is 13.9. The van der Waals surface area contributed by atoms with Gasteiger partial charge in [-0.3, -0.25) is 0 Å². The van der Waals surface area contributed by atoms with Gasteiger partial charge in [-0.05, 0) is 19.3 Å². The van der Waals surface area contributed by atoms with E-state index in [1.807, 2.05) is 11.9 Å². The number of aliphatic hydroxyl groups is 1. The highest BCUT2D eigenvalue weighted by Gasteiger charge is 2.33. The lowest BCUT2D eigenvalue weighted by atomic mass is 10.0. The van der Waals surface area contributed by atoms with E-state index in [1.165, 1.54) is 6.33 Å². The van der Waals surface area contributed by atoms with Crippen LogP contribution in [0.15, 0.2) is 6.33 Å². The van der Waals surface area contributed by atoms with Crippen molar-refractivity contribution >= 4 is 17.4 Å². The van der Waals surface area contributed by atoms with Crippen LogP contribution < -0.4 is 4.90 Å². The van der Waals surface area contributed by atoms with Crippen LogP contribution in [-0.4, -0.2) is 34.3 Å². The number of hydrogen-bond donors (Lipinski definition) is 1. The summed E-state index contributed by atoms with van der Waals surface area (Å²) in [5, 5.41) is 11.0. The number of halogens is 1. The SMILES string of the molecule is CCCc1c(Cl)ncnc1N(C)CC1(O)CCCC1. The molecular weight excluding hydrogens is 262 g/mol. The van der Waals surface area contributed by atoms with E-state index in [2.05, 4.69) is 16.9 Å². The molecule has 5 heteroatoms. The second-order valence-electron chi connectivity index (χ2n) is 5.50. The van der Waals surface area contributed by atoms with E-state index in [1.54, 1.807) is 0 Å². The highest BCUT2D eigenvalue weighted by molar-refractivity contribution is 6.30. The second-order valence-corrected chi connectivity index (χ2v) is 5.86. The standard InChI is InChI=1S/C14H22ClN3O/c1-3-6-11-12(15)16-10-17-13(11)18(2)9-14(19)7-4-5-8-14/h10,19H,3-9H2,1-2H3. The largest absolute Gasteiger partial charge is 0.388 e. The van der Waals surface area contributed by atoms with Gasteiger partial charge in [0.05, 0.1) is 5.60 Å². The van der Waals surface area contributed by atoms with E-state index >= 15 is 0 Å². The third kappa shape index (κ3) is 3.37. The van der Waals surface area contributed by atoms with Gasteiger partial charge in [-0.1, -0.05) is 37.8 Å². The first-order valence-corrected chi connectivity index (χ1v) is 7.36. The zero-order valence-electron chi connectivity index (χ0n) is 11.7. The maximum Gasteiger partial charge on any atom is 0.137 e. The fraction of sp³-hybridized carbons (Fsp3) is 0.714. The molecule has 1 heterocycles. The molecule has 106 valence electrons. The van der Waals surface area contributed by atoms with Gasteiger partial charge in [-0.15, -0.1) is 0 Å². The molecule has 1 aromatic heterocycles. The molecule has 0 saturated heterocycles. The van der Waals surface area contributed by atoms with Crippen LogP contribution in [0.3, 0.4) is 0 Å². The topological polar surface area (TPSA) is 49.2 Å². The van der Waals surface area contributed by atoms with Gasteiger partial charge in [0, 0.05) is 19.2 Å². The lowest BCUT2D eigenvalue weighted by Gasteiger charge is -2.30. The molecule has 1 N–H and O–H groups in total. The molecule has 0 radical (unpaired) electrons. The quantitative estimate of drug-likeness (QED) is 0.844. The van der Waals surface area contributed by atoms with E-state index in [-0.39, 0.29) is 0 Å². The molecule has 19 heavy (non-hydrogen) atoms. The number of anilines is 1. The molecule has 1 saturated carbocycles. The fourth-order valence-corrected chi connectivity index (χ4v) is 3.11. The molecule has 1 aliphatic carbocycles. The molecule has 0 unspecified atom stereocenters. The van der Waals surface area contributed by atoms with Crippen LogP contribution in [0.25, 0.3) is 0 Å². The average molecular weight is 284 g/mol. The van der Waals surface area contributed by atoms with Gasteiger partial charge in [0.25, 0.3) is 0 Å². The first-order chi connectivity index (χ1) is 9.06. The Labute approximate surface area is 119 Å². The summed E-state index contributed by atoms with van der Waals surface area (Å²) in [6.07, 6.45) is 7.31. The van der Waals surface area contributed by atoms with Crippen LogP contribution >= 0.6 is 11.6 Å². The predicted octanol–water partition coefficient (Wildman–Crippen LogP) is 2.82. The third-order valence-corrected chi connectivity index (χ3v) is 4.12. The highest BCUT2D eigenvalue weighted by Crippen LogP contribution is 2.32. The van der Waals surface area contributed by atoms with Crippen LogP contribution in [0.5, 0.6) is 0 Å². The summed E-state index contributed by atoms with van der Waals surface area (Å²) in [4.78, 5) is 10.4. The molecule has 1 fully saturated rings. The molecule has 0 bridgehead atoms. The zero-order valence-corrected chi connectivity index (χ0v) is 12.4. The number of aromatic nitrogens is 2. The maximum atomic E-state index is 10.5. The van der Waals surface area contributed by atoms with Gasteiger partial charge < -0.3 is 10.0 Å². The lowest BCUT2D eigenvalue weighted by Crippen LogP contribution is -2.40. The van der Waals surface area contributed by atoms with E-state index in [0.29, 0.717) is 11.7 Å². The minimum atomic E-state index is -0.574. The Hall–Kier alpha value is -0.870. The molecule has 1 aromatic rings. The van der Waals surface area contributed by atoms with E-state index in [4.69, 9.17) is 11.6 Å². The van der Waals surface area contributed by atoms with Gasteiger partial charge >= 0.3 is 0 Å². The van der Waals surface area contributed by atoms with Crippen molar-refractivity contribution in [1.82, 2.24) is 9.97 Å². The summed E-state index contributed by atoms with van der Waals surface area (Å²) < 4.78 is 0. The van der Waals surface area contributed by atoms with Crippen LogP contribution in [0.4, 0.5) is 5.82 Å². The van der Waals surface area contributed by atoms with Crippen molar-refractivity contribution in [1.29, 1.82) is 0 Å². The van der Waals surface area contributed by atoms with Crippen molar-refractivity contribution in [3.63, 3.8) is 0 Å². The summed E-state index contributed by atoms with van der Waals surface area (Å²) >= 11 is 6.16.